The highest BCUT2D eigenvalue weighted by molar-refractivity contribution is 5.92. The molecule has 1 aromatic rings. The molecule has 2 aliphatic heterocycles. The Balaban J connectivity index is 0.00000208. The van der Waals surface area contributed by atoms with Crippen LogP contribution in [0.2, 0.25) is 0 Å². The number of nitrogens with one attached hydrogen (secondary N) is 1. The van der Waals surface area contributed by atoms with Crippen LogP contribution >= 0.6 is 12.4 Å². The first kappa shape index (κ1) is 18.2. The van der Waals surface area contributed by atoms with Crippen LogP contribution in [0.4, 0.5) is 14.5 Å². The van der Waals surface area contributed by atoms with Gasteiger partial charge in [-0.1, -0.05) is 0 Å². The number of amides is 1. The van der Waals surface area contributed by atoms with E-state index in [1.54, 1.807) is 4.90 Å². The molecule has 0 spiro atoms. The number of carbonyl (C=O) groups excluding carboxylic acids is 1. The molecule has 2 N–H and O–H groups in total. The summed E-state index contributed by atoms with van der Waals surface area (Å²) in [6, 6.07) is 3.95. The van der Waals surface area contributed by atoms with E-state index in [0.717, 1.165) is 0 Å². The van der Waals surface area contributed by atoms with Gasteiger partial charge in [0.05, 0.1) is 12.5 Å². The average Bonchev–Trinajstić information content (AvgIpc) is 3.00. The lowest BCUT2D eigenvalue weighted by atomic mass is 10.1. The van der Waals surface area contributed by atoms with Crippen molar-refractivity contribution < 1.29 is 33.0 Å². The number of benzene rings is 1. The number of anilines is 1. The molecule has 1 atom stereocenters. The van der Waals surface area contributed by atoms with Crippen LogP contribution in [-0.2, 0) is 9.59 Å². The normalized spacial score (nSPS) is 21.2. The number of halogens is 3. The predicted octanol–water partition coefficient (Wildman–Crippen LogP) is 1.77. The third-order valence-electron chi connectivity index (χ3n) is 3.67. The van der Waals surface area contributed by atoms with Gasteiger partial charge in [-0.3, -0.25) is 14.5 Å². The Morgan fingerprint density at radius 1 is 1.33 bits per heavy atom. The van der Waals surface area contributed by atoms with Crippen molar-refractivity contribution in [2.24, 2.45) is 5.92 Å². The highest BCUT2D eigenvalue weighted by Crippen LogP contribution is 2.42. The summed E-state index contributed by atoms with van der Waals surface area (Å²) in [5.41, 5.74) is 0.295. The second kappa shape index (κ2) is 6.78. The minimum Gasteiger partial charge on any atom is -0.481 e. The summed E-state index contributed by atoms with van der Waals surface area (Å²) in [4.78, 5) is 24.6. The number of aliphatic carboxylic acids is 1. The Morgan fingerprint density at radius 2 is 2.04 bits per heavy atom. The lowest BCUT2D eigenvalue weighted by Crippen LogP contribution is -2.32. The van der Waals surface area contributed by atoms with Gasteiger partial charge in [0.25, 0.3) is 0 Å². The lowest BCUT2D eigenvalue weighted by Gasteiger charge is -2.14. The molecular formula is C14H15ClF2N2O5. The van der Waals surface area contributed by atoms with Gasteiger partial charge in [0.15, 0.2) is 11.5 Å². The molecule has 3 rings (SSSR count). The van der Waals surface area contributed by atoms with Gasteiger partial charge in [0.2, 0.25) is 5.91 Å². The number of rotatable bonds is 4. The van der Waals surface area contributed by atoms with Crippen molar-refractivity contribution in [2.45, 2.75) is 12.7 Å². The van der Waals surface area contributed by atoms with Crippen molar-refractivity contribution in [1.82, 2.24) is 4.90 Å². The zero-order valence-corrected chi connectivity index (χ0v) is 13.1. The quantitative estimate of drug-likeness (QED) is 0.846. The van der Waals surface area contributed by atoms with Gasteiger partial charge in [-0.05, 0) is 25.1 Å². The fraction of sp³-hybridized carbons (Fsp3) is 0.429. The first-order valence-corrected chi connectivity index (χ1v) is 6.97. The number of ether oxygens (including phenoxy) is 2. The number of likely N-dealkylation sites (tertiary alicyclic amines) is 1. The van der Waals surface area contributed by atoms with Crippen LogP contribution in [0.3, 0.4) is 0 Å². The monoisotopic (exact) mass is 364 g/mol. The van der Waals surface area contributed by atoms with Gasteiger partial charge in [0, 0.05) is 18.3 Å². The van der Waals surface area contributed by atoms with Gasteiger partial charge in [-0.25, -0.2) is 0 Å². The van der Waals surface area contributed by atoms with Crippen LogP contribution in [0.25, 0.3) is 0 Å². The molecule has 0 bridgehead atoms. The number of carboxylic acid groups (broad SMARTS) is 1. The van der Waals surface area contributed by atoms with E-state index in [0.29, 0.717) is 25.2 Å². The molecule has 1 fully saturated rings. The van der Waals surface area contributed by atoms with Gasteiger partial charge < -0.3 is 19.9 Å². The summed E-state index contributed by atoms with van der Waals surface area (Å²) >= 11 is 0. The fourth-order valence-electron chi connectivity index (χ4n) is 2.61. The van der Waals surface area contributed by atoms with Crippen LogP contribution in [0.1, 0.15) is 6.42 Å². The van der Waals surface area contributed by atoms with E-state index in [-0.39, 0.29) is 36.4 Å². The van der Waals surface area contributed by atoms with Crippen LogP contribution in [0.5, 0.6) is 11.5 Å². The summed E-state index contributed by atoms with van der Waals surface area (Å²) in [6.45, 7) is 0.877. The first-order chi connectivity index (χ1) is 10.8. The molecule has 2 aliphatic rings. The Bertz CT molecular complexity index is 658. The summed E-state index contributed by atoms with van der Waals surface area (Å²) in [7, 11) is 0. The first-order valence-electron chi connectivity index (χ1n) is 6.97. The van der Waals surface area contributed by atoms with Crippen molar-refractivity contribution >= 4 is 30.0 Å². The standard InChI is InChI=1S/C14H14F2N2O5.ClH/c15-14(16)22-10-2-1-9(5-11(10)23-14)17-12(19)7-18-4-3-8(6-18)13(20)21;/h1-2,5,8H,3-4,6-7H2,(H,17,19)(H,20,21);1H. The van der Waals surface area contributed by atoms with Gasteiger partial charge >= 0.3 is 12.3 Å². The molecule has 24 heavy (non-hydrogen) atoms. The maximum absolute atomic E-state index is 12.9. The van der Waals surface area contributed by atoms with Crippen molar-refractivity contribution in [1.29, 1.82) is 0 Å². The molecule has 10 heteroatoms. The van der Waals surface area contributed by atoms with Crippen LogP contribution in [0, 0.1) is 5.92 Å². The van der Waals surface area contributed by atoms with E-state index in [2.05, 4.69) is 14.8 Å². The highest BCUT2D eigenvalue weighted by Gasteiger charge is 2.43. The zero-order chi connectivity index (χ0) is 16.6. The third-order valence-corrected chi connectivity index (χ3v) is 3.67. The van der Waals surface area contributed by atoms with Crippen LogP contribution < -0.4 is 14.8 Å². The molecule has 1 unspecified atom stereocenters. The Morgan fingerprint density at radius 3 is 2.71 bits per heavy atom. The summed E-state index contributed by atoms with van der Waals surface area (Å²) in [5.74, 6) is -1.95. The molecule has 132 valence electrons. The number of nitrogens with zero attached hydrogens (tertiary/aromatic N) is 1. The number of fused-ring (bicyclic) bond motifs is 1. The van der Waals surface area contributed by atoms with Crippen molar-refractivity contribution in [2.75, 3.05) is 25.0 Å². The maximum Gasteiger partial charge on any atom is 0.586 e. The summed E-state index contributed by atoms with van der Waals surface area (Å²) < 4.78 is 34.4. The second-order valence-electron chi connectivity index (χ2n) is 5.44. The molecule has 1 amide bonds. The second-order valence-corrected chi connectivity index (χ2v) is 5.44. The molecule has 1 saturated heterocycles. The zero-order valence-electron chi connectivity index (χ0n) is 12.3. The smallest absolute Gasteiger partial charge is 0.481 e. The average molecular weight is 365 g/mol. The Labute approximate surface area is 141 Å². The lowest BCUT2D eigenvalue weighted by molar-refractivity contribution is -0.286. The van der Waals surface area contributed by atoms with Crippen LogP contribution in [0.15, 0.2) is 18.2 Å². The SMILES string of the molecule is Cl.O=C(CN1CCC(C(=O)O)C1)Nc1ccc2c(c1)OC(F)(F)O2. The molecule has 0 aliphatic carbocycles. The Kier molecular flexibility index (Phi) is 5.14. The minimum atomic E-state index is -3.70. The van der Waals surface area contributed by atoms with Crippen molar-refractivity contribution in [3.05, 3.63) is 18.2 Å². The number of carbonyl (C=O) groups is 2. The van der Waals surface area contributed by atoms with Crippen molar-refractivity contribution in [3.63, 3.8) is 0 Å². The number of alkyl halides is 2. The van der Waals surface area contributed by atoms with E-state index in [1.165, 1.54) is 18.2 Å². The number of carboxylic acids is 1. The van der Waals surface area contributed by atoms with E-state index in [1.807, 2.05) is 0 Å². The van der Waals surface area contributed by atoms with E-state index < -0.39 is 18.2 Å². The number of hydrogen-bond acceptors (Lipinski definition) is 5. The maximum atomic E-state index is 12.9. The Hall–Kier alpha value is -2.13. The third kappa shape index (κ3) is 4.04. The molecule has 1 aromatic carbocycles. The van der Waals surface area contributed by atoms with Crippen molar-refractivity contribution in [3.8, 4) is 11.5 Å². The fourth-order valence-corrected chi connectivity index (χ4v) is 2.61. The molecule has 2 heterocycles. The minimum absolute atomic E-state index is 0. The predicted molar refractivity (Wildman–Crippen MR) is 80.7 cm³/mol. The van der Waals surface area contributed by atoms with E-state index in [4.69, 9.17) is 5.11 Å². The molecular weight excluding hydrogens is 350 g/mol. The molecule has 0 saturated carbocycles. The summed E-state index contributed by atoms with van der Waals surface area (Å²) in [6.07, 6.45) is -3.20. The van der Waals surface area contributed by atoms with Gasteiger partial charge in [-0.2, -0.15) is 0 Å². The van der Waals surface area contributed by atoms with Crippen LogP contribution in [-0.4, -0.2) is 47.8 Å². The molecule has 0 radical (unpaired) electrons. The topological polar surface area (TPSA) is 88.1 Å². The largest absolute Gasteiger partial charge is 0.586 e. The summed E-state index contributed by atoms with van der Waals surface area (Å²) in [5, 5.41) is 11.5. The van der Waals surface area contributed by atoms with Gasteiger partial charge in [-0.15, -0.1) is 21.2 Å². The molecule has 7 nitrogen and oxygen atoms in total. The number of hydrogen-bond donors (Lipinski definition) is 2. The van der Waals surface area contributed by atoms with Gasteiger partial charge in [0.1, 0.15) is 0 Å². The van der Waals surface area contributed by atoms with E-state index >= 15 is 0 Å². The van der Waals surface area contributed by atoms with E-state index in [9.17, 15) is 18.4 Å². The molecule has 0 aromatic heterocycles. The highest BCUT2D eigenvalue weighted by atomic mass is 35.5.